The molecule has 1 aliphatic heterocycles. The van der Waals surface area contributed by atoms with E-state index in [-0.39, 0.29) is 5.91 Å². The van der Waals surface area contributed by atoms with Crippen molar-refractivity contribution in [1.29, 1.82) is 0 Å². The van der Waals surface area contributed by atoms with Gasteiger partial charge in [-0.2, -0.15) is 0 Å². The number of carbonyl (C=O) groups is 1. The third kappa shape index (κ3) is 2.92. The number of carbonyl (C=O) groups excluding carboxylic acids is 1. The summed E-state index contributed by atoms with van der Waals surface area (Å²) in [4.78, 5) is 19.2. The molecule has 1 heterocycles. The number of hydrogen-bond acceptors (Lipinski definition) is 4. The molecule has 0 saturated carbocycles. The molecule has 5 heteroatoms. The second-order valence-electron chi connectivity index (χ2n) is 4.58. The molecule has 1 atom stereocenters. The molecular weight excluding hydrogens is 256 g/mol. The molecule has 20 heavy (non-hydrogen) atoms. The Bertz CT molecular complexity index is 492. The Morgan fingerprint density at radius 2 is 2.00 bits per heavy atom. The van der Waals surface area contributed by atoms with E-state index < -0.39 is 6.10 Å². The van der Waals surface area contributed by atoms with Crippen LogP contribution in [0.15, 0.2) is 29.4 Å². The van der Waals surface area contributed by atoms with E-state index in [1.165, 1.54) is 0 Å². The topological polar surface area (TPSA) is 51.1 Å². The SMILES string of the molecule is CCN(CC)C(=O)[C@H]1CC(c2ccc(OC)cc2)=NO1. The fraction of sp³-hybridized carbons (Fsp3) is 0.467. The highest BCUT2D eigenvalue weighted by Crippen LogP contribution is 2.20. The van der Waals surface area contributed by atoms with E-state index in [2.05, 4.69) is 5.16 Å². The first kappa shape index (κ1) is 14.4. The molecule has 1 aliphatic rings. The lowest BCUT2D eigenvalue weighted by Crippen LogP contribution is -2.39. The van der Waals surface area contributed by atoms with Gasteiger partial charge in [0.1, 0.15) is 5.75 Å². The van der Waals surface area contributed by atoms with Gasteiger partial charge in [-0.25, -0.2) is 0 Å². The van der Waals surface area contributed by atoms with Crippen LogP contribution in [0.1, 0.15) is 25.8 Å². The molecule has 0 saturated heterocycles. The van der Waals surface area contributed by atoms with E-state index in [4.69, 9.17) is 9.57 Å². The molecular formula is C15H20N2O3. The van der Waals surface area contributed by atoms with Crippen LogP contribution in [-0.4, -0.2) is 42.8 Å². The van der Waals surface area contributed by atoms with Crippen molar-refractivity contribution in [2.45, 2.75) is 26.4 Å². The number of rotatable bonds is 5. The zero-order chi connectivity index (χ0) is 14.5. The minimum atomic E-state index is -0.494. The predicted octanol–water partition coefficient (Wildman–Crippen LogP) is 2.06. The number of ether oxygens (including phenoxy) is 1. The number of benzene rings is 1. The number of nitrogens with zero attached hydrogens (tertiary/aromatic N) is 2. The zero-order valence-electron chi connectivity index (χ0n) is 12.1. The maximum absolute atomic E-state index is 12.2. The molecule has 0 bridgehead atoms. The third-order valence-electron chi connectivity index (χ3n) is 3.44. The highest BCUT2D eigenvalue weighted by atomic mass is 16.6. The molecule has 0 aliphatic carbocycles. The van der Waals surface area contributed by atoms with Gasteiger partial charge in [-0.15, -0.1) is 0 Å². The fourth-order valence-electron chi connectivity index (χ4n) is 2.20. The van der Waals surface area contributed by atoms with Crippen molar-refractivity contribution in [1.82, 2.24) is 4.90 Å². The van der Waals surface area contributed by atoms with Crippen molar-refractivity contribution in [3.05, 3.63) is 29.8 Å². The summed E-state index contributed by atoms with van der Waals surface area (Å²) in [6.07, 6.45) is 0.0220. The van der Waals surface area contributed by atoms with Gasteiger partial charge in [0.15, 0.2) is 0 Å². The summed E-state index contributed by atoms with van der Waals surface area (Å²) in [6.45, 7) is 5.29. The normalized spacial score (nSPS) is 17.4. The van der Waals surface area contributed by atoms with Gasteiger partial charge in [0, 0.05) is 19.5 Å². The summed E-state index contributed by atoms with van der Waals surface area (Å²) in [7, 11) is 1.63. The largest absolute Gasteiger partial charge is 0.497 e. The van der Waals surface area contributed by atoms with Crippen molar-refractivity contribution < 1.29 is 14.4 Å². The molecule has 1 amide bonds. The van der Waals surface area contributed by atoms with Crippen molar-refractivity contribution >= 4 is 11.6 Å². The van der Waals surface area contributed by atoms with Crippen LogP contribution in [0.4, 0.5) is 0 Å². The Morgan fingerprint density at radius 1 is 1.35 bits per heavy atom. The van der Waals surface area contributed by atoms with E-state index >= 15 is 0 Å². The van der Waals surface area contributed by atoms with Crippen molar-refractivity contribution in [3.63, 3.8) is 0 Å². The Balaban J connectivity index is 2.02. The molecule has 2 rings (SSSR count). The van der Waals surface area contributed by atoms with Crippen LogP contribution in [-0.2, 0) is 9.63 Å². The van der Waals surface area contributed by atoms with Crippen LogP contribution in [0.5, 0.6) is 5.75 Å². The van der Waals surface area contributed by atoms with Gasteiger partial charge in [-0.1, -0.05) is 5.16 Å². The number of likely N-dealkylation sites (N-methyl/N-ethyl adjacent to an activating group) is 1. The van der Waals surface area contributed by atoms with Gasteiger partial charge < -0.3 is 14.5 Å². The summed E-state index contributed by atoms with van der Waals surface area (Å²) >= 11 is 0. The lowest BCUT2D eigenvalue weighted by Gasteiger charge is -2.20. The van der Waals surface area contributed by atoms with Crippen molar-refractivity contribution in [2.24, 2.45) is 5.16 Å². The summed E-state index contributed by atoms with van der Waals surface area (Å²) in [6, 6.07) is 7.59. The molecule has 0 N–H and O–H groups in total. The quantitative estimate of drug-likeness (QED) is 0.827. The molecule has 0 unspecified atom stereocenters. The first-order chi connectivity index (χ1) is 9.69. The molecule has 0 aromatic heterocycles. The van der Waals surface area contributed by atoms with Gasteiger partial charge in [-0.3, -0.25) is 4.79 Å². The number of methoxy groups -OCH3 is 1. The lowest BCUT2D eigenvalue weighted by molar-refractivity contribution is -0.141. The van der Waals surface area contributed by atoms with Gasteiger partial charge in [-0.05, 0) is 43.7 Å². The monoisotopic (exact) mass is 276 g/mol. The Hall–Kier alpha value is -2.04. The summed E-state index contributed by atoms with van der Waals surface area (Å²) in [5, 5.41) is 4.04. The molecule has 5 nitrogen and oxygen atoms in total. The summed E-state index contributed by atoms with van der Waals surface area (Å²) < 4.78 is 5.12. The predicted molar refractivity (Wildman–Crippen MR) is 76.9 cm³/mol. The second kappa shape index (κ2) is 6.41. The molecule has 1 aromatic rings. The van der Waals surface area contributed by atoms with Crippen molar-refractivity contribution in [2.75, 3.05) is 20.2 Å². The second-order valence-corrected chi connectivity index (χ2v) is 4.58. The molecule has 0 radical (unpaired) electrons. The maximum Gasteiger partial charge on any atom is 0.266 e. The standard InChI is InChI=1S/C15H20N2O3/c1-4-17(5-2)15(18)14-10-13(16-20-14)11-6-8-12(19-3)9-7-11/h6-9,14H,4-5,10H2,1-3H3/t14-/m1/s1. The van der Waals surface area contributed by atoms with E-state index in [0.29, 0.717) is 19.5 Å². The highest BCUT2D eigenvalue weighted by Gasteiger charge is 2.31. The number of hydrogen-bond donors (Lipinski definition) is 0. The Labute approximate surface area is 119 Å². The smallest absolute Gasteiger partial charge is 0.266 e. The lowest BCUT2D eigenvalue weighted by atomic mass is 10.0. The van der Waals surface area contributed by atoms with E-state index in [0.717, 1.165) is 17.0 Å². The van der Waals surface area contributed by atoms with E-state index in [9.17, 15) is 4.79 Å². The van der Waals surface area contributed by atoms with Crippen molar-refractivity contribution in [3.8, 4) is 5.75 Å². The van der Waals surface area contributed by atoms with Crippen LogP contribution in [0.2, 0.25) is 0 Å². The highest BCUT2D eigenvalue weighted by molar-refractivity contribution is 6.04. The number of oxime groups is 1. The fourth-order valence-corrected chi connectivity index (χ4v) is 2.20. The summed E-state index contributed by atoms with van der Waals surface area (Å²) in [5.74, 6) is 0.797. The van der Waals surface area contributed by atoms with Crippen LogP contribution in [0, 0.1) is 0 Å². The number of amides is 1. The first-order valence-corrected chi connectivity index (χ1v) is 6.85. The van der Waals surface area contributed by atoms with Gasteiger partial charge in [0.25, 0.3) is 5.91 Å². The average molecular weight is 276 g/mol. The molecule has 108 valence electrons. The van der Waals surface area contributed by atoms with Gasteiger partial charge in [0.05, 0.1) is 12.8 Å². The van der Waals surface area contributed by atoms with E-state index in [1.54, 1.807) is 12.0 Å². The third-order valence-corrected chi connectivity index (χ3v) is 3.44. The van der Waals surface area contributed by atoms with Gasteiger partial charge >= 0.3 is 0 Å². The molecule has 1 aromatic carbocycles. The zero-order valence-corrected chi connectivity index (χ0v) is 12.1. The first-order valence-electron chi connectivity index (χ1n) is 6.85. The van der Waals surface area contributed by atoms with E-state index in [1.807, 2.05) is 38.1 Å². The summed E-state index contributed by atoms with van der Waals surface area (Å²) in [5.41, 5.74) is 1.76. The minimum Gasteiger partial charge on any atom is -0.497 e. The maximum atomic E-state index is 12.2. The van der Waals surface area contributed by atoms with Crippen LogP contribution < -0.4 is 4.74 Å². The molecule has 0 fully saturated rings. The Kier molecular flexibility index (Phi) is 4.61. The minimum absolute atomic E-state index is 0.00209. The van der Waals surface area contributed by atoms with Crippen LogP contribution in [0.25, 0.3) is 0 Å². The molecule has 0 spiro atoms. The average Bonchev–Trinajstić information content (AvgIpc) is 2.98. The van der Waals surface area contributed by atoms with Gasteiger partial charge in [0.2, 0.25) is 6.10 Å². The Morgan fingerprint density at radius 3 is 2.55 bits per heavy atom. The van der Waals surface area contributed by atoms with Crippen LogP contribution in [0.3, 0.4) is 0 Å². The van der Waals surface area contributed by atoms with Crippen LogP contribution >= 0.6 is 0 Å².